The Balaban J connectivity index is 3.39. The summed E-state index contributed by atoms with van der Waals surface area (Å²) in [7, 11) is 0. The lowest BCUT2D eigenvalue weighted by atomic mass is 10.0. The number of guanidine groups is 1. The molecule has 0 bridgehead atoms. The number of hydrogen-bond acceptors (Lipinski definition) is 15. The van der Waals surface area contributed by atoms with E-state index < -0.39 is 128 Å². The van der Waals surface area contributed by atoms with E-state index in [2.05, 4.69) is 60.5 Å². The average molecular weight is 1090 g/mol. The lowest BCUT2D eigenvalue weighted by Crippen LogP contribution is -2.59. The molecule has 1 unspecified atom stereocenters. The number of primary amides is 1. The summed E-state index contributed by atoms with van der Waals surface area (Å²) in [5.41, 5.74) is 16.9. The summed E-state index contributed by atoms with van der Waals surface area (Å²) in [5.74, 6) is -10.2. The van der Waals surface area contributed by atoms with Crippen LogP contribution in [-0.2, 0) is 54.4 Å². The normalized spacial score (nSPS) is 14.2. The van der Waals surface area contributed by atoms with E-state index in [4.69, 9.17) is 34.2 Å². The number of halogens is 1. The van der Waals surface area contributed by atoms with Gasteiger partial charge in [0, 0.05) is 28.2 Å². The lowest BCUT2D eigenvalue weighted by molar-refractivity contribution is -0.141. The number of alkyl halides is 1. The van der Waals surface area contributed by atoms with Crippen LogP contribution in [0.25, 0.3) is 0 Å². The van der Waals surface area contributed by atoms with Gasteiger partial charge in [0.25, 0.3) is 5.91 Å². The summed E-state index contributed by atoms with van der Waals surface area (Å²) in [6, 6.07) is 1.58. The zero-order valence-corrected chi connectivity index (χ0v) is 44.6. The zero-order chi connectivity index (χ0) is 54.8. The number of thioether (sulfide) groups is 2. The smallest absolute Gasteiger partial charge is 0.305 e. The number of benzene rings is 1. The molecule has 0 aliphatic heterocycles. The highest BCUT2D eigenvalue weighted by atomic mass is 35.5. The maximum atomic E-state index is 13.9. The van der Waals surface area contributed by atoms with Crippen LogP contribution < -0.4 is 65.1 Å². The molecule has 0 spiro atoms. The van der Waals surface area contributed by atoms with Gasteiger partial charge in [-0.3, -0.25) is 53.4 Å². The van der Waals surface area contributed by atoms with Crippen molar-refractivity contribution < 1.29 is 53.1 Å². The van der Waals surface area contributed by atoms with Crippen LogP contribution in [0.5, 0.6) is 0 Å². The van der Waals surface area contributed by atoms with E-state index in [0.29, 0.717) is 24.9 Å². The molecule has 0 saturated heterocycles. The fourth-order valence-corrected chi connectivity index (χ4v) is 8.28. The van der Waals surface area contributed by atoms with E-state index in [1.165, 1.54) is 11.8 Å². The molecule has 28 heteroatoms. The Morgan fingerprint density at radius 3 is 1.76 bits per heavy atom. The van der Waals surface area contributed by atoms with Crippen LogP contribution >= 0.6 is 47.8 Å². The predicted octanol–water partition coefficient (Wildman–Crippen LogP) is -1.76. The molecular formula is C44H72ClN13O11S3. The first-order chi connectivity index (χ1) is 33.5. The van der Waals surface area contributed by atoms with Crippen molar-refractivity contribution in [3.8, 4) is 0 Å². The van der Waals surface area contributed by atoms with Crippen LogP contribution in [0.1, 0.15) is 85.6 Å². The van der Waals surface area contributed by atoms with Crippen molar-refractivity contribution in [3.63, 3.8) is 0 Å². The number of aliphatic carboxylic acids is 1. The van der Waals surface area contributed by atoms with Gasteiger partial charge in [-0.05, 0) is 44.2 Å². The summed E-state index contributed by atoms with van der Waals surface area (Å²) < 4.78 is -1.10. The molecule has 24 nitrogen and oxygen atoms in total. The van der Waals surface area contributed by atoms with Crippen molar-refractivity contribution >= 4 is 113 Å². The molecule has 0 fully saturated rings. The minimum absolute atomic E-state index is 0.0618. The second kappa shape index (κ2) is 32.5. The van der Waals surface area contributed by atoms with Gasteiger partial charge in [-0.2, -0.15) is 11.8 Å². The Hall–Kier alpha value is -5.51. The number of nitrogens with one attached hydrogen (secondary N) is 10. The van der Waals surface area contributed by atoms with E-state index >= 15 is 0 Å². The monoisotopic (exact) mass is 1090 g/mol. The molecular weight excluding hydrogens is 1020 g/mol. The molecule has 1 rings (SSSR count). The van der Waals surface area contributed by atoms with Gasteiger partial charge in [0.1, 0.15) is 36.1 Å². The highest BCUT2D eigenvalue weighted by molar-refractivity contribution is 8.01. The van der Waals surface area contributed by atoms with E-state index in [1.54, 1.807) is 51.1 Å². The summed E-state index contributed by atoms with van der Waals surface area (Å²) in [5, 5.41) is 36.9. The Labute approximate surface area is 438 Å². The van der Waals surface area contributed by atoms with Gasteiger partial charge in [-0.25, -0.2) is 0 Å². The number of amides is 9. The fourth-order valence-electron chi connectivity index (χ4n) is 6.12. The molecule has 0 aliphatic carbocycles. The van der Waals surface area contributed by atoms with Crippen LogP contribution in [-0.4, -0.2) is 152 Å². The number of unbranched alkanes of at least 4 members (excludes halogenated alkanes) is 1. The van der Waals surface area contributed by atoms with Gasteiger partial charge < -0.3 is 70.2 Å². The molecule has 0 aliphatic rings. The largest absolute Gasteiger partial charge is 0.481 e. The van der Waals surface area contributed by atoms with E-state index in [9.17, 15) is 53.1 Å². The van der Waals surface area contributed by atoms with Crippen molar-refractivity contribution in [2.45, 2.75) is 137 Å². The molecule has 404 valence electrons. The number of carbonyl (C=O) groups excluding carboxylic acids is 9. The van der Waals surface area contributed by atoms with E-state index in [1.807, 2.05) is 20.8 Å². The van der Waals surface area contributed by atoms with Crippen LogP contribution in [0.4, 0.5) is 0 Å². The standard InChI is InChI=1S/C44H72ClN13O11S3/c1-43(2,3)71-23-29(38(68)55-27(19-24-13-8-7-9-14-24)37(67)57-40(70)33(47)63)56-36(66)28(20-32(61)62)53-31(60)22-51-34(64)25(16-12-18-50-42(48)49)54-39(69)41(72-44(4,5)6)58-35(65)26(15-10-11-17-46)52-30(59)21-45/h7-9,13-14,25-29,40-41,70H,10-12,15-23,46H2,1-6H3,(H2,47,63)(H,51,64)(H,52,59)(H,53,60)(H,54,69)(H,55,68)(H,56,66)(H,57,67)(H,58,65)(H,61,62)(H4,48,49,50)/t25-,26-,27-,28-,29-,40-,41?/m0/s1. The molecule has 0 saturated carbocycles. The second-order valence-corrected chi connectivity index (χ2v) is 22.7. The van der Waals surface area contributed by atoms with Gasteiger partial charge in [-0.1, -0.05) is 71.9 Å². The Kier molecular flexibility index (Phi) is 29.2. The first-order valence-corrected chi connectivity index (χ1v) is 25.7. The Morgan fingerprint density at radius 2 is 1.21 bits per heavy atom. The quantitative estimate of drug-likeness (QED) is 0.00949. The maximum absolute atomic E-state index is 13.9. The lowest BCUT2D eigenvalue weighted by Gasteiger charge is -2.29. The average Bonchev–Trinajstić information content (AvgIpc) is 3.28. The summed E-state index contributed by atoms with van der Waals surface area (Å²) in [4.78, 5) is 132. The zero-order valence-electron chi connectivity index (χ0n) is 41.3. The number of nitrogens with two attached hydrogens (primary N) is 3. The number of hydrogen-bond donors (Lipinski definition) is 15. The minimum Gasteiger partial charge on any atom is -0.481 e. The molecule has 0 aromatic heterocycles. The van der Waals surface area contributed by atoms with Crippen molar-refractivity contribution in [3.05, 3.63) is 35.9 Å². The summed E-state index contributed by atoms with van der Waals surface area (Å²) >= 11 is 12.0. The molecule has 7 atom stereocenters. The van der Waals surface area contributed by atoms with Crippen LogP contribution in [0.15, 0.2) is 30.3 Å². The van der Waals surface area contributed by atoms with Crippen LogP contribution in [0, 0.1) is 5.41 Å². The number of rotatable bonds is 32. The molecule has 1 aromatic rings. The topological polar surface area (TPSA) is 401 Å². The second-order valence-electron chi connectivity index (χ2n) is 18.2. The van der Waals surface area contributed by atoms with Gasteiger partial charge in [0.2, 0.25) is 47.3 Å². The van der Waals surface area contributed by atoms with Crippen molar-refractivity contribution in [2.75, 3.05) is 31.3 Å². The number of carbonyl (C=O) groups is 10. The third-order valence-corrected chi connectivity index (χ3v) is 12.8. The summed E-state index contributed by atoms with van der Waals surface area (Å²) in [6.07, 6.45) is 0.256. The molecule has 1 aromatic carbocycles. The minimum atomic E-state index is -1.80. The number of carboxylic acid groups (broad SMARTS) is 1. The van der Waals surface area contributed by atoms with Gasteiger partial charge in [0.05, 0.1) is 13.0 Å². The molecule has 9 amide bonds. The van der Waals surface area contributed by atoms with E-state index in [0.717, 1.165) is 11.8 Å². The van der Waals surface area contributed by atoms with E-state index in [-0.39, 0.29) is 43.9 Å². The molecule has 17 N–H and O–H groups in total. The summed E-state index contributed by atoms with van der Waals surface area (Å²) in [6.45, 7) is 10.5. The van der Waals surface area contributed by atoms with Gasteiger partial charge >= 0.3 is 5.97 Å². The Bertz CT molecular complexity index is 2030. The van der Waals surface area contributed by atoms with Gasteiger partial charge in [-0.15, -0.1) is 36.0 Å². The fraction of sp³-hybridized carbons (Fsp3) is 0.614. The third kappa shape index (κ3) is 27.9. The highest BCUT2D eigenvalue weighted by Gasteiger charge is 2.35. The van der Waals surface area contributed by atoms with Crippen LogP contribution in [0.2, 0.25) is 0 Å². The van der Waals surface area contributed by atoms with Crippen molar-refractivity contribution in [1.82, 2.24) is 47.9 Å². The first-order valence-electron chi connectivity index (χ1n) is 22.8. The highest BCUT2D eigenvalue weighted by Crippen LogP contribution is 2.28. The SMILES string of the molecule is CC(C)(C)SC[C@H](NC(=O)[C@H](CC(=O)O)NC(=O)CNC(=O)[C@H](CCCNC(=N)N)NC(=O)C(NC(=O)[C@H](CCCCN)NC(=O)CCl)SC(C)(C)C)C(=O)N[C@@H](Cc1ccccc1)C(=O)N[C@@H](S)C(N)=O. The molecule has 0 radical (unpaired) electrons. The van der Waals surface area contributed by atoms with Gasteiger partial charge in [0.15, 0.2) is 16.7 Å². The number of thiol groups is 1. The number of carboxylic acids is 1. The van der Waals surface area contributed by atoms with Crippen molar-refractivity contribution in [2.24, 2.45) is 17.2 Å². The maximum Gasteiger partial charge on any atom is 0.305 e. The van der Waals surface area contributed by atoms with Crippen molar-refractivity contribution in [1.29, 1.82) is 5.41 Å². The third-order valence-electron chi connectivity index (χ3n) is 9.55. The molecule has 0 heterocycles. The van der Waals surface area contributed by atoms with Crippen LogP contribution in [0.3, 0.4) is 0 Å². The first kappa shape index (κ1) is 64.5. The molecule has 72 heavy (non-hydrogen) atoms. The predicted molar refractivity (Wildman–Crippen MR) is 279 cm³/mol. The Morgan fingerprint density at radius 1 is 0.667 bits per heavy atom.